The molecule has 0 radical (unpaired) electrons. The number of likely N-dealkylation sites (N-methyl/N-ethyl adjacent to an activating group) is 7. The van der Waals surface area contributed by atoms with Crippen molar-refractivity contribution >= 4 is 82.5 Å². The molecule has 1 unspecified atom stereocenters. The number of alkyl halides is 3. The van der Waals surface area contributed by atoms with Crippen LogP contribution in [0.4, 0.5) is 13.2 Å². The van der Waals surface area contributed by atoms with Gasteiger partial charge in [0.05, 0.1) is 30.1 Å². The van der Waals surface area contributed by atoms with Gasteiger partial charge >= 0.3 is 6.18 Å². The van der Waals surface area contributed by atoms with Crippen molar-refractivity contribution in [1.29, 1.82) is 0 Å². The van der Waals surface area contributed by atoms with Crippen LogP contribution < -0.4 is 16.4 Å². The molecule has 1 aromatic rings. The summed E-state index contributed by atoms with van der Waals surface area (Å²) in [6.07, 6.45) is 3.99. The molecule has 2 heterocycles. The maximum Gasteiger partial charge on any atom is 0.417 e. The molecule has 24 nitrogen and oxygen atoms in total. The molecule has 4 fully saturated rings. The second kappa shape index (κ2) is 35.6. The lowest BCUT2D eigenvalue weighted by Crippen LogP contribution is -2.65. The average Bonchev–Trinajstić information content (AvgIpc) is 1.72. The Balaban J connectivity index is 1.40. The second-order valence-corrected chi connectivity index (χ2v) is 28.5. The quantitative estimate of drug-likeness (QED) is 0.0863. The minimum Gasteiger partial charge on any atom is -0.368 e. The first-order chi connectivity index (χ1) is 45.4. The number of nitrogens with zero attached hydrogens (tertiary/aromatic N) is 9. The molecule has 2 aliphatic carbocycles. The maximum absolute atomic E-state index is 15.2. The molecule has 9 atom stereocenters. The Morgan fingerprint density at radius 3 is 1.81 bits per heavy atom. The normalized spacial score (nSPS) is 19.0. The molecule has 97 heavy (non-hydrogen) atoms. The third kappa shape index (κ3) is 20.5. The molecule has 2 saturated heterocycles. The third-order valence-corrected chi connectivity index (χ3v) is 21.4. The van der Waals surface area contributed by atoms with Crippen molar-refractivity contribution < 1.29 is 70.7 Å². The molecule has 544 valence electrons. The average molecular weight is 1390 g/mol. The summed E-state index contributed by atoms with van der Waals surface area (Å²) in [5.41, 5.74) is 3.16. The molecular weight excluding hydrogens is 1280 g/mol. The lowest BCUT2D eigenvalue weighted by molar-refractivity contribution is -0.156. The summed E-state index contributed by atoms with van der Waals surface area (Å²) < 4.78 is 41.6. The predicted molar refractivity (Wildman–Crippen MR) is 359 cm³/mol. The van der Waals surface area contributed by atoms with Gasteiger partial charge in [-0.25, -0.2) is 0 Å². The Hall–Kier alpha value is -7.06. The van der Waals surface area contributed by atoms with Gasteiger partial charge in [-0.2, -0.15) is 13.2 Å². The van der Waals surface area contributed by atoms with E-state index >= 15 is 9.59 Å². The Morgan fingerprint density at radius 2 is 1.25 bits per heavy atom. The van der Waals surface area contributed by atoms with E-state index in [0.29, 0.717) is 37.9 Å². The number of primary amides is 1. The van der Waals surface area contributed by atoms with Crippen molar-refractivity contribution in [3.05, 3.63) is 34.3 Å². The number of piperidine rings is 1. The summed E-state index contributed by atoms with van der Waals surface area (Å²) in [7, 11) is 10.0. The van der Waals surface area contributed by atoms with Crippen molar-refractivity contribution in [3.8, 4) is 0 Å². The highest BCUT2D eigenvalue weighted by Crippen LogP contribution is 2.37. The fraction of sp³-hybridized carbons (Fsp3) is 0.739. The van der Waals surface area contributed by atoms with Crippen LogP contribution >= 0.6 is 11.6 Å². The zero-order valence-electron chi connectivity index (χ0n) is 59.6. The zero-order valence-corrected chi connectivity index (χ0v) is 60.3. The highest BCUT2D eigenvalue weighted by molar-refractivity contribution is 6.31. The van der Waals surface area contributed by atoms with Gasteiger partial charge in [0.2, 0.25) is 70.9 Å². The van der Waals surface area contributed by atoms with Crippen LogP contribution in [-0.4, -0.2) is 245 Å². The molecule has 1 aromatic carbocycles. The topological polar surface area (TPSA) is 284 Å². The van der Waals surface area contributed by atoms with Gasteiger partial charge in [-0.05, 0) is 114 Å². The summed E-state index contributed by atoms with van der Waals surface area (Å²) >= 11 is 6.15. The number of carbonyl (C=O) groups is 12. The highest BCUT2D eigenvalue weighted by atomic mass is 35.5. The van der Waals surface area contributed by atoms with Crippen LogP contribution in [0.2, 0.25) is 5.02 Å². The van der Waals surface area contributed by atoms with E-state index in [4.69, 9.17) is 17.3 Å². The van der Waals surface area contributed by atoms with Gasteiger partial charge < -0.3 is 60.5 Å². The van der Waals surface area contributed by atoms with Crippen LogP contribution in [0.5, 0.6) is 0 Å². The number of nitrogens with one attached hydrogen (secondary N) is 2. The number of halogens is 4. The van der Waals surface area contributed by atoms with E-state index in [9.17, 15) is 61.1 Å². The smallest absolute Gasteiger partial charge is 0.368 e. The summed E-state index contributed by atoms with van der Waals surface area (Å²) in [5, 5.41) is 5.21. The number of aryl methyl sites for hydroxylation is 1. The van der Waals surface area contributed by atoms with Crippen molar-refractivity contribution in [2.45, 2.75) is 224 Å². The van der Waals surface area contributed by atoms with Crippen LogP contribution in [0.3, 0.4) is 0 Å². The molecular formula is C69H108ClF3N12O12. The molecule has 4 aliphatic rings. The summed E-state index contributed by atoms with van der Waals surface area (Å²) in [5.74, 6) is -7.98. The van der Waals surface area contributed by atoms with Crippen molar-refractivity contribution in [1.82, 2.24) is 54.7 Å². The van der Waals surface area contributed by atoms with E-state index in [0.717, 1.165) is 74.8 Å². The lowest BCUT2D eigenvalue weighted by Gasteiger charge is -2.41. The van der Waals surface area contributed by atoms with Gasteiger partial charge in [0.15, 0.2) is 0 Å². The maximum atomic E-state index is 15.2. The van der Waals surface area contributed by atoms with E-state index in [1.165, 1.54) is 104 Å². The predicted octanol–water partition coefficient (Wildman–Crippen LogP) is 5.48. The number of rotatable bonds is 30. The largest absolute Gasteiger partial charge is 0.417 e. The van der Waals surface area contributed by atoms with Crippen molar-refractivity contribution in [3.63, 3.8) is 0 Å². The SMILES string of the molecule is CC[C@H](C)C(C)C(=O)N(C)CC(=O)N(C)CC(=O)N(C)[C@@H](CC1CCCCC1)C(=O)N(C)[C@H](C)C(=O)N[C@@H](CCc1ccc(C(F)(F)F)c(Cl)c1)C(=O)N1CCC[C@H]1C(=O)NC1(C(=O)N(C)[C@H](C(=O)N(C)[C@@H](CC(=O)N(C)[C@@H](C)C(N)=O)C(=O)N2CCCCC2)C(C)C)CCCC1. The lowest BCUT2D eigenvalue weighted by atomic mass is 9.84. The van der Waals surface area contributed by atoms with Crippen LogP contribution in [-0.2, 0) is 70.1 Å². The molecule has 0 aromatic heterocycles. The van der Waals surface area contributed by atoms with Crippen LogP contribution in [0.1, 0.15) is 175 Å². The first kappa shape index (κ1) is 80.6. The third-order valence-electron chi connectivity index (χ3n) is 21.1. The number of amides is 12. The number of hydrogen-bond donors (Lipinski definition) is 3. The highest BCUT2D eigenvalue weighted by Gasteiger charge is 2.51. The number of carbonyl (C=O) groups excluding carboxylic acids is 12. The van der Waals surface area contributed by atoms with E-state index in [2.05, 4.69) is 10.6 Å². The number of likely N-dealkylation sites (tertiary alicyclic amines) is 2. The van der Waals surface area contributed by atoms with Gasteiger partial charge in [-0.1, -0.05) is 104 Å². The van der Waals surface area contributed by atoms with Gasteiger partial charge in [-0.15, -0.1) is 0 Å². The summed E-state index contributed by atoms with van der Waals surface area (Å²) in [6, 6.07) is -5.47. The number of benzene rings is 1. The zero-order chi connectivity index (χ0) is 72.7. The Kier molecular flexibility index (Phi) is 29.6. The Labute approximate surface area is 575 Å². The molecule has 28 heteroatoms. The Bertz CT molecular complexity index is 2990. The van der Waals surface area contributed by atoms with Gasteiger partial charge in [0, 0.05) is 74.9 Å². The number of hydrogen-bond acceptors (Lipinski definition) is 12. The van der Waals surface area contributed by atoms with Crippen molar-refractivity contribution in [2.75, 3.05) is 82.1 Å². The minimum absolute atomic E-state index is 0.0216. The molecule has 2 aliphatic heterocycles. The first-order valence-corrected chi connectivity index (χ1v) is 35.0. The van der Waals surface area contributed by atoms with E-state index in [1.807, 2.05) is 13.8 Å². The molecule has 0 spiro atoms. The summed E-state index contributed by atoms with van der Waals surface area (Å²) in [6.45, 7) is 12.2. The van der Waals surface area contributed by atoms with Gasteiger partial charge in [0.1, 0.15) is 47.8 Å². The van der Waals surface area contributed by atoms with E-state index in [-0.39, 0.29) is 75.3 Å². The summed E-state index contributed by atoms with van der Waals surface area (Å²) in [4.78, 5) is 182. The second-order valence-electron chi connectivity index (χ2n) is 28.1. The monoisotopic (exact) mass is 1390 g/mol. The Morgan fingerprint density at radius 1 is 0.649 bits per heavy atom. The van der Waals surface area contributed by atoms with E-state index in [1.54, 1.807) is 25.7 Å². The molecule has 5 rings (SSSR count). The number of nitrogens with two attached hydrogens (primary N) is 1. The molecule has 4 N–H and O–H groups in total. The van der Waals surface area contributed by atoms with Crippen LogP contribution in [0.25, 0.3) is 0 Å². The van der Waals surface area contributed by atoms with Crippen molar-refractivity contribution in [2.24, 2.45) is 29.4 Å². The van der Waals surface area contributed by atoms with Gasteiger partial charge in [0.25, 0.3) is 0 Å². The fourth-order valence-electron chi connectivity index (χ4n) is 13.8. The van der Waals surface area contributed by atoms with Crippen LogP contribution in [0, 0.1) is 23.7 Å². The minimum atomic E-state index is -4.76. The van der Waals surface area contributed by atoms with E-state index < -0.39 is 148 Å². The molecule has 2 saturated carbocycles. The molecule has 12 amide bonds. The molecule has 0 bridgehead atoms. The fourth-order valence-corrected chi connectivity index (χ4v) is 14.2. The first-order valence-electron chi connectivity index (χ1n) is 34.6. The standard InChI is InChI=1S/C69H108ClF3N12O12/c1-15-43(4)44(5)62(92)78(9)40-56(87)77(8)41-57(88)81(12)53(38-47-25-18-16-19-26-47)64(94)80(11)46(7)60(90)75-51(31-29-48-28-30-49(50(70)37-48)69(71,72)73)63(93)85-36-24-27-52(85)61(91)76-68(32-20-21-33-68)67(97)83(14)58(42(2)3)66(96)82(13)54(65(95)84-34-22-17-23-35-84)39-55(86)79(10)45(6)59(74)89/h28,30,37,42-47,51-54,58H,15-27,29,31-36,38-41H2,1-14H3,(H2,74,89)(H,75,90)(H,76,91)/t43-,44?,45-,46+,51-,52-,53-,54-,58-/m0/s1. The van der Waals surface area contributed by atoms with Crippen LogP contribution in [0.15, 0.2) is 18.2 Å². The van der Waals surface area contributed by atoms with Gasteiger partial charge in [-0.3, -0.25) is 57.5 Å².